The van der Waals surface area contributed by atoms with Crippen molar-refractivity contribution in [1.82, 2.24) is 4.98 Å². The lowest BCUT2D eigenvalue weighted by atomic mass is 9.88. The number of sulfone groups is 1. The van der Waals surface area contributed by atoms with Crippen LogP contribution in [0.25, 0.3) is 11.5 Å². The van der Waals surface area contributed by atoms with Crippen molar-refractivity contribution in [2.24, 2.45) is 0 Å². The zero-order chi connectivity index (χ0) is 19.7. The molecule has 1 aliphatic rings. The second-order valence-electron chi connectivity index (χ2n) is 7.35. The molecule has 0 radical (unpaired) electrons. The molecule has 1 aliphatic carbocycles. The molecule has 4 rings (SSSR count). The van der Waals surface area contributed by atoms with Gasteiger partial charge in [0.15, 0.2) is 0 Å². The molecule has 0 amide bonds. The third-order valence-corrected chi connectivity index (χ3v) is 6.97. The van der Waals surface area contributed by atoms with Gasteiger partial charge in [0.25, 0.3) is 0 Å². The number of rotatable bonds is 4. The summed E-state index contributed by atoms with van der Waals surface area (Å²) in [6.45, 7) is 1.91. The molecule has 0 bridgehead atoms. The summed E-state index contributed by atoms with van der Waals surface area (Å²) < 4.78 is 45.9. The fraction of sp³-hybridized carbons (Fsp3) is 0.318. The van der Waals surface area contributed by atoms with E-state index in [9.17, 15) is 12.8 Å². The molecular weight excluding hydrogens is 377 g/mol. The molecule has 0 aliphatic heterocycles. The first-order valence-corrected chi connectivity index (χ1v) is 11.0. The molecule has 28 heavy (non-hydrogen) atoms. The van der Waals surface area contributed by atoms with Gasteiger partial charge in [-0.2, -0.15) is 4.98 Å². The lowest BCUT2D eigenvalue weighted by molar-refractivity contribution is 0.370. The van der Waals surface area contributed by atoms with Gasteiger partial charge in [-0.3, -0.25) is 0 Å². The lowest BCUT2D eigenvalue weighted by Gasteiger charge is -2.20. The molecule has 0 spiro atoms. The number of hydrogen-bond acceptors (Lipinski definition) is 4. The van der Waals surface area contributed by atoms with Crippen molar-refractivity contribution in [3.05, 3.63) is 65.7 Å². The first-order chi connectivity index (χ1) is 13.4. The van der Waals surface area contributed by atoms with Crippen LogP contribution in [0.1, 0.15) is 49.3 Å². The van der Waals surface area contributed by atoms with E-state index in [4.69, 9.17) is 4.42 Å². The van der Waals surface area contributed by atoms with Crippen LogP contribution >= 0.6 is 0 Å². The lowest BCUT2D eigenvalue weighted by Crippen LogP contribution is -2.10. The number of oxazole rings is 1. The summed E-state index contributed by atoms with van der Waals surface area (Å²) in [5.74, 6) is 0.312. The van der Waals surface area contributed by atoms with E-state index in [1.807, 2.05) is 6.92 Å². The number of nitrogens with zero attached hydrogens (tertiary/aromatic N) is 1. The highest BCUT2D eigenvalue weighted by molar-refractivity contribution is 7.91. The fourth-order valence-corrected chi connectivity index (χ4v) is 5.07. The van der Waals surface area contributed by atoms with Crippen molar-refractivity contribution in [3.63, 3.8) is 0 Å². The third-order valence-electron chi connectivity index (χ3n) is 5.27. The Kier molecular flexibility index (Phi) is 5.06. The predicted octanol–water partition coefficient (Wildman–Crippen LogP) is 5.67. The fourth-order valence-electron chi connectivity index (χ4n) is 3.68. The molecule has 0 N–H and O–H groups in total. The minimum atomic E-state index is -3.81. The van der Waals surface area contributed by atoms with Crippen LogP contribution in [0.15, 0.2) is 62.9 Å². The first-order valence-electron chi connectivity index (χ1n) is 9.53. The summed E-state index contributed by atoms with van der Waals surface area (Å²) in [6.07, 6.45) is 5.00. The highest BCUT2D eigenvalue weighted by Gasteiger charge is 2.33. The summed E-state index contributed by atoms with van der Waals surface area (Å²) in [4.78, 5) is 4.58. The number of aromatic nitrogens is 1. The van der Waals surface area contributed by atoms with Crippen molar-refractivity contribution >= 4 is 9.84 Å². The van der Waals surface area contributed by atoms with Gasteiger partial charge in [0, 0.05) is 11.5 Å². The summed E-state index contributed by atoms with van der Waals surface area (Å²) >= 11 is 0. The second kappa shape index (κ2) is 7.51. The van der Waals surface area contributed by atoms with Crippen LogP contribution in [0.5, 0.6) is 0 Å². The van der Waals surface area contributed by atoms with Crippen LogP contribution in [0.2, 0.25) is 0 Å². The average molecular weight is 399 g/mol. The van der Waals surface area contributed by atoms with Gasteiger partial charge in [-0.05, 0) is 56.2 Å². The van der Waals surface area contributed by atoms with Gasteiger partial charge >= 0.3 is 0 Å². The van der Waals surface area contributed by atoms with Gasteiger partial charge < -0.3 is 4.42 Å². The normalized spacial score (nSPS) is 15.6. The Hall–Kier alpha value is -2.47. The smallest absolute Gasteiger partial charge is 0.227 e. The maximum atomic E-state index is 13.3. The zero-order valence-corrected chi connectivity index (χ0v) is 16.5. The quantitative estimate of drug-likeness (QED) is 0.567. The maximum Gasteiger partial charge on any atom is 0.227 e. The first kappa shape index (κ1) is 18.9. The largest absolute Gasteiger partial charge is 0.439 e. The molecule has 146 valence electrons. The molecule has 2 aromatic carbocycles. The van der Waals surface area contributed by atoms with Crippen LogP contribution in [0.3, 0.4) is 0 Å². The molecule has 0 atom stereocenters. The van der Waals surface area contributed by atoms with Crippen LogP contribution < -0.4 is 0 Å². The van der Waals surface area contributed by atoms with E-state index < -0.39 is 9.84 Å². The van der Waals surface area contributed by atoms with Crippen LogP contribution in [0.4, 0.5) is 4.39 Å². The van der Waals surface area contributed by atoms with E-state index >= 15 is 0 Å². The van der Waals surface area contributed by atoms with Gasteiger partial charge in [0.2, 0.25) is 20.8 Å². The average Bonchev–Trinajstić information content (AvgIpc) is 3.16. The Labute approximate surface area is 164 Å². The van der Waals surface area contributed by atoms with Crippen molar-refractivity contribution < 1.29 is 17.2 Å². The van der Waals surface area contributed by atoms with Crippen molar-refractivity contribution in [2.75, 3.05) is 0 Å². The van der Waals surface area contributed by atoms with E-state index in [1.54, 1.807) is 36.4 Å². The molecule has 1 fully saturated rings. The van der Waals surface area contributed by atoms with Gasteiger partial charge in [0.05, 0.1) is 4.90 Å². The van der Waals surface area contributed by atoms with Crippen LogP contribution in [-0.4, -0.2) is 13.4 Å². The van der Waals surface area contributed by atoms with Crippen molar-refractivity contribution in [3.8, 4) is 11.5 Å². The number of benzene rings is 2. The van der Waals surface area contributed by atoms with Crippen LogP contribution in [-0.2, 0) is 9.84 Å². The Bertz CT molecular complexity index is 1060. The van der Waals surface area contributed by atoms with Gasteiger partial charge in [-0.1, -0.05) is 37.0 Å². The van der Waals surface area contributed by atoms with Gasteiger partial charge in [-0.25, -0.2) is 12.8 Å². The molecule has 0 saturated heterocycles. The Balaban J connectivity index is 1.84. The van der Waals surface area contributed by atoms with Crippen molar-refractivity contribution in [2.45, 2.75) is 54.9 Å². The number of halogens is 1. The van der Waals surface area contributed by atoms with Gasteiger partial charge in [-0.15, -0.1) is 0 Å². The summed E-state index contributed by atoms with van der Waals surface area (Å²) in [5.41, 5.74) is 1.54. The standard InChI is InChI=1S/C22H22FNO3S/c1-15-7-13-19(14-8-15)28(25,26)22-20(16-5-3-2-4-6-16)27-21(24-22)17-9-11-18(23)12-10-17/h7-14,16H,2-6H2,1H3. The molecule has 6 heteroatoms. The molecule has 1 heterocycles. The molecule has 1 saturated carbocycles. The molecular formula is C22H22FNO3S. The Morgan fingerprint density at radius 2 is 1.61 bits per heavy atom. The Morgan fingerprint density at radius 3 is 2.25 bits per heavy atom. The minimum Gasteiger partial charge on any atom is -0.439 e. The van der Waals surface area contributed by atoms with E-state index in [0.29, 0.717) is 11.3 Å². The number of aryl methyl sites for hydroxylation is 1. The van der Waals surface area contributed by atoms with E-state index in [0.717, 1.165) is 37.7 Å². The van der Waals surface area contributed by atoms with Crippen molar-refractivity contribution in [1.29, 1.82) is 0 Å². The topological polar surface area (TPSA) is 60.2 Å². The minimum absolute atomic E-state index is 0.0115. The zero-order valence-electron chi connectivity index (χ0n) is 15.7. The predicted molar refractivity (Wildman–Crippen MR) is 104 cm³/mol. The Morgan fingerprint density at radius 1 is 0.964 bits per heavy atom. The molecule has 3 aromatic rings. The SMILES string of the molecule is Cc1ccc(S(=O)(=O)c2nc(-c3ccc(F)cc3)oc2C2CCCCC2)cc1. The van der Waals surface area contributed by atoms with Crippen LogP contribution in [0, 0.1) is 12.7 Å². The summed E-state index contributed by atoms with van der Waals surface area (Å²) in [6, 6.07) is 12.5. The molecule has 1 aromatic heterocycles. The second-order valence-corrected chi connectivity index (χ2v) is 9.21. The summed E-state index contributed by atoms with van der Waals surface area (Å²) in [7, 11) is -3.81. The maximum absolute atomic E-state index is 13.3. The van der Waals surface area contributed by atoms with Gasteiger partial charge in [0.1, 0.15) is 11.6 Å². The number of hydrogen-bond donors (Lipinski definition) is 0. The van der Waals surface area contributed by atoms with E-state index in [-0.39, 0.29) is 27.5 Å². The molecule has 4 nitrogen and oxygen atoms in total. The highest BCUT2D eigenvalue weighted by Crippen LogP contribution is 2.39. The monoisotopic (exact) mass is 399 g/mol. The molecule has 0 unspecified atom stereocenters. The highest BCUT2D eigenvalue weighted by atomic mass is 32.2. The van der Waals surface area contributed by atoms with E-state index in [2.05, 4.69) is 4.98 Å². The third kappa shape index (κ3) is 3.61. The summed E-state index contributed by atoms with van der Waals surface area (Å²) in [5, 5.41) is -0.0115. The van der Waals surface area contributed by atoms with E-state index in [1.165, 1.54) is 12.1 Å².